The quantitative estimate of drug-likeness (QED) is 0.780. The van der Waals surface area contributed by atoms with Crippen molar-refractivity contribution in [2.45, 2.75) is 56.9 Å². The van der Waals surface area contributed by atoms with Gasteiger partial charge in [0.1, 0.15) is 0 Å². The van der Waals surface area contributed by atoms with Gasteiger partial charge >= 0.3 is 0 Å². The lowest BCUT2D eigenvalue weighted by Gasteiger charge is -2.31. The molecule has 92 valence electrons. The van der Waals surface area contributed by atoms with Gasteiger partial charge < -0.3 is 5.32 Å². The van der Waals surface area contributed by atoms with Crippen LogP contribution in [0, 0.1) is 0 Å². The minimum Gasteiger partial charge on any atom is -0.313 e. The molecule has 1 unspecified atom stereocenters. The third kappa shape index (κ3) is 2.55. The zero-order chi connectivity index (χ0) is 11.5. The molecular formula is C16H23N. The molecule has 0 radical (unpaired) electrons. The first-order valence-corrected chi connectivity index (χ1v) is 7.24. The van der Waals surface area contributed by atoms with Crippen LogP contribution in [0.1, 0.15) is 55.6 Å². The van der Waals surface area contributed by atoms with Crippen molar-refractivity contribution in [1.29, 1.82) is 0 Å². The molecule has 3 rings (SSSR count). The van der Waals surface area contributed by atoms with Gasteiger partial charge in [0.15, 0.2) is 0 Å². The van der Waals surface area contributed by atoms with E-state index in [1.54, 1.807) is 11.1 Å². The lowest BCUT2D eigenvalue weighted by molar-refractivity contribution is 0.425. The molecule has 0 aliphatic heterocycles. The van der Waals surface area contributed by atoms with Crippen molar-refractivity contribution in [2.24, 2.45) is 0 Å². The van der Waals surface area contributed by atoms with E-state index < -0.39 is 0 Å². The maximum absolute atomic E-state index is 3.80. The monoisotopic (exact) mass is 229 g/mol. The number of fused-ring (bicyclic) bond motifs is 1. The van der Waals surface area contributed by atoms with Crippen LogP contribution in [0.5, 0.6) is 0 Å². The van der Waals surface area contributed by atoms with Gasteiger partial charge in [-0.05, 0) is 30.4 Å². The van der Waals surface area contributed by atoms with Crippen molar-refractivity contribution < 1.29 is 0 Å². The van der Waals surface area contributed by atoms with Gasteiger partial charge in [-0.25, -0.2) is 0 Å². The van der Waals surface area contributed by atoms with Gasteiger partial charge in [-0.3, -0.25) is 0 Å². The summed E-state index contributed by atoms with van der Waals surface area (Å²) in [4.78, 5) is 0. The van der Waals surface area contributed by atoms with E-state index in [9.17, 15) is 0 Å². The summed E-state index contributed by atoms with van der Waals surface area (Å²) in [5.41, 5.74) is 3.16. The molecule has 1 heteroatoms. The van der Waals surface area contributed by atoms with Crippen molar-refractivity contribution in [3.63, 3.8) is 0 Å². The van der Waals surface area contributed by atoms with Crippen molar-refractivity contribution >= 4 is 0 Å². The normalized spacial score (nSPS) is 24.8. The molecule has 17 heavy (non-hydrogen) atoms. The molecule has 1 atom stereocenters. The lowest BCUT2D eigenvalue weighted by atomic mass is 9.77. The maximum atomic E-state index is 3.80. The fourth-order valence-corrected chi connectivity index (χ4v) is 3.34. The second kappa shape index (κ2) is 5.22. The highest BCUT2D eigenvalue weighted by Gasteiger charge is 2.25. The largest absolute Gasteiger partial charge is 0.313 e. The van der Waals surface area contributed by atoms with E-state index in [2.05, 4.69) is 29.6 Å². The molecule has 1 fully saturated rings. The summed E-state index contributed by atoms with van der Waals surface area (Å²) in [5.74, 6) is 0.787. The number of nitrogens with one attached hydrogen (secondary N) is 1. The van der Waals surface area contributed by atoms with Crippen LogP contribution in [0.3, 0.4) is 0 Å². The molecule has 2 aliphatic carbocycles. The molecule has 0 spiro atoms. The van der Waals surface area contributed by atoms with Gasteiger partial charge in [0.05, 0.1) is 0 Å². The minimum atomic E-state index is 0.787. The first-order chi connectivity index (χ1) is 8.43. The second-order valence-corrected chi connectivity index (χ2v) is 5.70. The predicted octanol–water partition coefficient (Wildman–Crippen LogP) is 3.64. The average Bonchev–Trinajstić information content (AvgIpc) is 2.59. The van der Waals surface area contributed by atoms with Crippen LogP contribution in [0.4, 0.5) is 0 Å². The summed E-state index contributed by atoms with van der Waals surface area (Å²) >= 11 is 0. The highest BCUT2D eigenvalue weighted by molar-refractivity contribution is 5.40. The Kier molecular flexibility index (Phi) is 3.46. The molecule has 1 aromatic carbocycles. The van der Waals surface area contributed by atoms with Crippen molar-refractivity contribution in [1.82, 2.24) is 5.32 Å². The SMILES string of the molecule is c1ccc2c(c1)CC2CNC1CCCCCC1. The predicted molar refractivity (Wildman–Crippen MR) is 72.4 cm³/mol. The van der Waals surface area contributed by atoms with E-state index in [4.69, 9.17) is 0 Å². The van der Waals surface area contributed by atoms with Crippen LogP contribution in [0.25, 0.3) is 0 Å². The first kappa shape index (κ1) is 11.3. The number of benzene rings is 1. The Morgan fingerprint density at radius 2 is 1.76 bits per heavy atom. The molecule has 1 aromatic rings. The average molecular weight is 229 g/mol. The summed E-state index contributed by atoms with van der Waals surface area (Å²) in [6.07, 6.45) is 9.84. The van der Waals surface area contributed by atoms with Gasteiger partial charge in [0.2, 0.25) is 0 Å². The topological polar surface area (TPSA) is 12.0 Å². The Morgan fingerprint density at radius 1 is 1.00 bits per heavy atom. The second-order valence-electron chi connectivity index (χ2n) is 5.70. The molecule has 0 bridgehead atoms. The van der Waals surface area contributed by atoms with Gasteiger partial charge in [-0.15, -0.1) is 0 Å². The molecular weight excluding hydrogens is 206 g/mol. The number of hydrogen-bond acceptors (Lipinski definition) is 1. The molecule has 1 nitrogen and oxygen atoms in total. The van der Waals surface area contributed by atoms with E-state index >= 15 is 0 Å². The van der Waals surface area contributed by atoms with E-state index in [1.807, 2.05) is 0 Å². The highest BCUT2D eigenvalue weighted by Crippen LogP contribution is 2.34. The van der Waals surface area contributed by atoms with Crippen LogP contribution >= 0.6 is 0 Å². The molecule has 0 heterocycles. The van der Waals surface area contributed by atoms with Gasteiger partial charge in [-0.2, -0.15) is 0 Å². The molecule has 0 amide bonds. The van der Waals surface area contributed by atoms with Crippen LogP contribution in [-0.4, -0.2) is 12.6 Å². The summed E-state index contributed by atoms with van der Waals surface area (Å²) in [6.45, 7) is 1.20. The number of hydrogen-bond donors (Lipinski definition) is 1. The minimum absolute atomic E-state index is 0.787. The highest BCUT2D eigenvalue weighted by atomic mass is 14.9. The Bertz CT molecular complexity index is 364. The lowest BCUT2D eigenvalue weighted by Crippen LogP contribution is -2.35. The maximum Gasteiger partial charge on any atom is 0.00673 e. The summed E-state index contributed by atoms with van der Waals surface area (Å²) in [6, 6.07) is 9.71. The Hall–Kier alpha value is -0.820. The zero-order valence-corrected chi connectivity index (χ0v) is 10.6. The molecule has 1 N–H and O–H groups in total. The fraction of sp³-hybridized carbons (Fsp3) is 0.625. The molecule has 0 saturated heterocycles. The van der Waals surface area contributed by atoms with E-state index in [0.29, 0.717) is 0 Å². The Labute approximate surface area is 105 Å². The third-order valence-corrected chi connectivity index (χ3v) is 4.47. The van der Waals surface area contributed by atoms with Gasteiger partial charge in [0.25, 0.3) is 0 Å². The Morgan fingerprint density at radius 3 is 2.53 bits per heavy atom. The fourth-order valence-electron chi connectivity index (χ4n) is 3.34. The standard InChI is InChI=1S/C16H23N/c1-2-4-9-15(8-3-1)17-12-14-11-13-7-5-6-10-16(13)14/h5-7,10,14-15,17H,1-4,8-9,11-12H2. The number of rotatable bonds is 3. The van der Waals surface area contributed by atoms with Crippen molar-refractivity contribution in [3.05, 3.63) is 35.4 Å². The van der Waals surface area contributed by atoms with E-state index in [0.717, 1.165) is 12.0 Å². The van der Waals surface area contributed by atoms with Crippen LogP contribution in [0.2, 0.25) is 0 Å². The molecule has 1 saturated carbocycles. The molecule has 0 aromatic heterocycles. The molecule has 2 aliphatic rings. The summed E-state index contributed by atoms with van der Waals surface area (Å²) < 4.78 is 0. The summed E-state index contributed by atoms with van der Waals surface area (Å²) in [5, 5.41) is 3.80. The first-order valence-electron chi connectivity index (χ1n) is 7.24. The van der Waals surface area contributed by atoms with E-state index in [-0.39, 0.29) is 0 Å². The zero-order valence-electron chi connectivity index (χ0n) is 10.6. The van der Waals surface area contributed by atoms with Crippen LogP contribution in [0.15, 0.2) is 24.3 Å². The van der Waals surface area contributed by atoms with Gasteiger partial charge in [-0.1, -0.05) is 49.9 Å². The van der Waals surface area contributed by atoms with Crippen LogP contribution in [-0.2, 0) is 6.42 Å². The van der Waals surface area contributed by atoms with Gasteiger partial charge in [0, 0.05) is 18.5 Å². The smallest absolute Gasteiger partial charge is 0.00673 e. The van der Waals surface area contributed by atoms with Crippen LogP contribution < -0.4 is 5.32 Å². The van der Waals surface area contributed by atoms with Crippen molar-refractivity contribution in [2.75, 3.05) is 6.54 Å². The van der Waals surface area contributed by atoms with E-state index in [1.165, 1.54) is 51.5 Å². The third-order valence-electron chi connectivity index (χ3n) is 4.47. The van der Waals surface area contributed by atoms with Crippen molar-refractivity contribution in [3.8, 4) is 0 Å². The summed E-state index contributed by atoms with van der Waals surface area (Å²) in [7, 11) is 0. The Balaban J connectivity index is 1.49.